The third kappa shape index (κ3) is 6.07. The van der Waals surface area contributed by atoms with E-state index in [1.54, 1.807) is 6.07 Å². The van der Waals surface area contributed by atoms with Gasteiger partial charge in [-0.15, -0.1) is 0 Å². The predicted molar refractivity (Wildman–Crippen MR) is 147 cm³/mol. The third-order valence-corrected chi connectivity index (χ3v) is 7.81. The number of amides is 1. The zero-order valence-electron chi connectivity index (χ0n) is 23.2. The third-order valence-electron chi connectivity index (χ3n) is 7.81. The monoisotopic (exact) mass is 493 g/mol. The summed E-state index contributed by atoms with van der Waals surface area (Å²) >= 11 is 0. The minimum Gasteiger partial charge on any atom is -0.480 e. The minimum absolute atomic E-state index is 0.222. The molecule has 5 heteroatoms. The summed E-state index contributed by atoms with van der Waals surface area (Å²) in [6, 6.07) is 12.4. The Balaban J connectivity index is 2.46. The van der Waals surface area contributed by atoms with Crippen molar-refractivity contribution in [3.05, 3.63) is 75.9 Å². The molecule has 0 saturated heterocycles. The van der Waals surface area contributed by atoms with Crippen molar-refractivity contribution in [3.63, 3.8) is 0 Å². The molecule has 2 aromatic rings. The van der Waals surface area contributed by atoms with Crippen molar-refractivity contribution in [2.75, 3.05) is 0 Å². The number of benzene rings is 2. The summed E-state index contributed by atoms with van der Waals surface area (Å²) in [4.78, 5) is 24.2. The van der Waals surface area contributed by atoms with Crippen LogP contribution in [0.2, 0.25) is 0 Å². The fraction of sp³-hybridized carbons (Fsp3) is 0.484. The highest BCUT2D eigenvalue weighted by Gasteiger charge is 2.33. The molecule has 0 fully saturated rings. The van der Waals surface area contributed by atoms with Crippen LogP contribution in [-0.2, 0) is 10.2 Å². The van der Waals surface area contributed by atoms with Crippen LogP contribution in [0.25, 0.3) is 6.08 Å². The van der Waals surface area contributed by atoms with Crippen LogP contribution >= 0.6 is 0 Å². The van der Waals surface area contributed by atoms with Crippen LogP contribution in [0.3, 0.4) is 0 Å². The number of carbonyl (C=O) groups excluding carboxylic acids is 1. The summed E-state index contributed by atoms with van der Waals surface area (Å²) in [6.45, 7) is 15.3. The van der Waals surface area contributed by atoms with E-state index < -0.39 is 23.0 Å². The maximum atomic E-state index is 12.8. The van der Waals surface area contributed by atoms with Crippen LogP contribution < -0.4 is 5.32 Å². The van der Waals surface area contributed by atoms with E-state index >= 15 is 0 Å². The van der Waals surface area contributed by atoms with Crippen LogP contribution in [0.4, 0.5) is 0 Å². The highest BCUT2D eigenvalue weighted by atomic mass is 16.4. The minimum atomic E-state index is -1.35. The molecular formula is C31H43NO4. The van der Waals surface area contributed by atoms with Crippen molar-refractivity contribution < 1.29 is 19.8 Å². The van der Waals surface area contributed by atoms with E-state index in [1.165, 1.54) is 19.4 Å². The first-order valence-electron chi connectivity index (χ1n) is 13.0. The smallest absolute Gasteiger partial charge is 0.328 e. The molecule has 3 N–H and O–H groups in total. The quantitative estimate of drug-likeness (QED) is 0.330. The lowest BCUT2D eigenvalue weighted by molar-refractivity contribution is -0.143. The zero-order valence-corrected chi connectivity index (χ0v) is 23.2. The van der Waals surface area contributed by atoms with Gasteiger partial charge in [0.15, 0.2) is 0 Å². The number of rotatable bonds is 11. The highest BCUT2D eigenvalue weighted by Crippen LogP contribution is 2.40. The molecule has 2 aromatic carbocycles. The molecule has 5 nitrogen and oxygen atoms in total. The summed E-state index contributed by atoms with van der Waals surface area (Å²) in [7, 11) is 0. The van der Waals surface area contributed by atoms with Gasteiger partial charge in [-0.2, -0.15) is 0 Å². The van der Waals surface area contributed by atoms with E-state index in [0.29, 0.717) is 18.4 Å². The Labute approximate surface area is 216 Å². The molecule has 0 spiro atoms. The van der Waals surface area contributed by atoms with Gasteiger partial charge in [-0.25, -0.2) is 4.79 Å². The number of hydrogen-bond acceptors (Lipinski definition) is 3. The zero-order chi connectivity index (χ0) is 27.3. The number of aliphatic carboxylic acids is 1. The first-order valence-corrected chi connectivity index (χ1v) is 13.0. The molecule has 36 heavy (non-hydrogen) atoms. The first kappa shape index (κ1) is 29.3. The Hall–Kier alpha value is -2.92. The second kappa shape index (κ2) is 11.4. The highest BCUT2D eigenvalue weighted by molar-refractivity contribution is 5.98. The largest absolute Gasteiger partial charge is 0.480 e. The lowest BCUT2D eigenvalue weighted by atomic mass is 9.69. The second-order valence-corrected chi connectivity index (χ2v) is 10.4. The Morgan fingerprint density at radius 1 is 0.861 bits per heavy atom. The Bertz CT molecular complexity index is 1120. The van der Waals surface area contributed by atoms with E-state index in [1.807, 2.05) is 39.0 Å². The van der Waals surface area contributed by atoms with Crippen molar-refractivity contribution in [2.24, 2.45) is 0 Å². The number of carboxylic acid groups (broad SMARTS) is 1. The van der Waals surface area contributed by atoms with E-state index in [2.05, 4.69) is 50.4 Å². The number of aliphatic hydroxyl groups is 1. The van der Waals surface area contributed by atoms with Crippen LogP contribution in [0.5, 0.6) is 0 Å². The average molecular weight is 494 g/mol. The molecule has 2 rings (SSSR count). The Kier molecular flexibility index (Phi) is 9.30. The van der Waals surface area contributed by atoms with Crippen molar-refractivity contribution in [1.82, 2.24) is 5.32 Å². The van der Waals surface area contributed by atoms with E-state index in [0.717, 1.165) is 35.1 Å². The standard InChI is InChI=1S/C31H43NO4/c1-9-30(36,10-2)18-17-23-13-14-24(19-21(23)5)31(11-3,12-4)25-15-16-26(22(6)20-25)27(33)32-29(7,8)28(34)35/h13-20,36H,9-12H2,1-8H3,(H,32,33)(H,34,35)/b18-17+. The van der Waals surface area contributed by atoms with Gasteiger partial charge in [-0.05, 0) is 87.3 Å². The molecule has 1 amide bonds. The van der Waals surface area contributed by atoms with E-state index in [9.17, 15) is 19.8 Å². The molecule has 0 radical (unpaired) electrons. The van der Waals surface area contributed by atoms with Gasteiger partial charge in [0.25, 0.3) is 5.91 Å². The second-order valence-electron chi connectivity index (χ2n) is 10.4. The van der Waals surface area contributed by atoms with E-state index in [-0.39, 0.29) is 5.41 Å². The van der Waals surface area contributed by atoms with Gasteiger partial charge in [-0.3, -0.25) is 4.79 Å². The summed E-state index contributed by atoms with van der Waals surface area (Å²) in [5.41, 5.74) is 3.51. The molecular weight excluding hydrogens is 450 g/mol. The normalized spacial score (nSPS) is 12.7. The molecule has 0 aromatic heterocycles. The molecule has 0 atom stereocenters. The van der Waals surface area contributed by atoms with Crippen molar-refractivity contribution in [1.29, 1.82) is 0 Å². The summed E-state index contributed by atoms with van der Waals surface area (Å²) in [5.74, 6) is -1.47. The Morgan fingerprint density at radius 2 is 1.39 bits per heavy atom. The fourth-order valence-electron chi connectivity index (χ4n) is 4.74. The van der Waals surface area contributed by atoms with Gasteiger partial charge < -0.3 is 15.5 Å². The number of nitrogens with one attached hydrogen (secondary N) is 1. The van der Waals surface area contributed by atoms with Crippen molar-refractivity contribution in [2.45, 2.75) is 97.6 Å². The number of carbonyl (C=O) groups is 2. The van der Waals surface area contributed by atoms with Crippen LogP contribution in [-0.4, -0.2) is 33.2 Å². The fourth-order valence-corrected chi connectivity index (χ4v) is 4.74. The molecule has 0 unspecified atom stereocenters. The summed E-state index contributed by atoms with van der Waals surface area (Å²) in [5, 5.41) is 22.6. The summed E-state index contributed by atoms with van der Waals surface area (Å²) in [6.07, 6.45) is 7.05. The van der Waals surface area contributed by atoms with Gasteiger partial charge >= 0.3 is 5.97 Å². The molecule has 196 valence electrons. The first-order chi connectivity index (χ1) is 16.8. The Morgan fingerprint density at radius 3 is 1.83 bits per heavy atom. The molecule has 0 saturated carbocycles. The molecule has 0 aliphatic heterocycles. The van der Waals surface area contributed by atoms with Crippen LogP contribution in [0.15, 0.2) is 42.5 Å². The van der Waals surface area contributed by atoms with Gasteiger partial charge in [0.1, 0.15) is 5.54 Å². The van der Waals surface area contributed by atoms with Gasteiger partial charge in [0.05, 0.1) is 5.60 Å². The molecule has 0 heterocycles. The topological polar surface area (TPSA) is 86.6 Å². The van der Waals surface area contributed by atoms with Gasteiger partial charge in [-0.1, -0.05) is 70.2 Å². The number of hydrogen-bond donors (Lipinski definition) is 3. The maximum Gasteiger partial charge on any atom is 0.328 e. The molecule has 0 aliphatic carbocycles. The number of carboxylic acids is 1. The molecule has 0 bridgehead atoms. The lowest BCUT2D eigenvalue weighted by Gasteiger charge is -2.34. The van der Waals surface area contributed by atoms with Crippen LogP contribution in [0.1, 0.15) is 105 Å². The SMILES string of the molecule is CCC(O)(/C=C/c1ccc(C(CC)(CC)c2ccc(C(=O)NC(C)(C)C(=O)O)c(C)c2)cc1C)CC. The van der Waals surface area contributed by atoms with Gasteiger partial charge in [0, 0.05) is 11.0 Å². The molecule has 0 aliphatic rings. The summed E-state index contributed by atoms with van der Waals surface area (Å²) < 4.78 is 0. The van der Waals surface area contributed by atoms with E-state index in [4.69, 9.17) is 0 Å². The maximum absolute atomic E-state index is 12.8. The van der Waals surface area contributed by atoms with Crippen molar-refractivity contribution >= 4 is 18.0 Å². The average Bonchev–Trinajstić information content (AvgIpc) is 2.84. The van der Waals surface area contributed by atoms with Crippen molar-refractivity contribution in [3.8, 4) is 0 Å². The van der Waals surface area contributed by atoms with Gasteiger partial charge in [0.2, 0.25) is 0 Å². The predicted octanol–water partition coefficient (Wildman–Crippen LogP) is 6.57. The lowest BCUT2D eigenvalue weighted by Crippen LogP contribution is -2.49. The van der Waals surface area contributed by atoms with Crippen LogP contribution in [0, 0.1) is 13.8 Å². The number of aryl methyl sites for hydroxylation is 2.